The highest BCUT2D eigenvalue weighted by Crippen LogP contribution is 2.27. The molecule has 146 valence electrons. The maximum atomic E-state index is 13.8. The number of hydrogen-bond donors (Lipinski definition) is 2. The maximum Gasteiger partial charge on any atom is 0.331 e. The van der Waals surface area contributed by atoms with Crippen LogP contribution in [0.5, 0.6) is 0 Å². The molecule has 0 saturated heterocycles. The van der Waals surface area contributed by atoms with Crippen molar-refractivity contribution in [2.24, 2.45) is 0 Å². The fourth-order valence-electron chi connectivity index (χ4n) is 2.37. The van der Waals surface area contributed by atoms with E-state index in [1.807, 2.05) is 0 Å². The van der Waals surface area contributed by atoms with Crippen LogP contribution in [0, 0.1) is 10.6 Å². The minimum absolute atomic E-state index is 0.00897. The summed E-state index contributed by atoms with van der Waals surface area (Å²) in [5.41, 5.74) is -1.97. The summed E-state index contributed by atoms with van der Waals surface area (Å²) in [5.74, 6) is -2.11. The lowest BCUT2D eigenvalue weighted by molar-refractivity contribution is -0.137. The van der Waals surface area contributed by atoms with Crippen molar-refractivity contribution in [1.29, 1.82) is 4.78 Å². The van der Waals surface area contributed by atoms with Gasteiger partial charge in [0.05, 0.1) is 15.8 Å². The molecule has 2 atom stereocenters. The first-order valence-corrected chi connectivity index (χ1v) is 10.1. The lowest BCUT2D eigenvalue weighted by Gasteiger charge is -2.16. The Morgan fingerprint density at radius 3 is 2.56 bits per heavy atom. The first-order valence-electron chi connectivity index (χ1n) is 7.66. The Bertz CT molecular complexity index is 1120. The molecule has 1 heterocycles. The topological polar surface area (TPSA) is 122 Å². The SMILES string of the molecule is CC(Cn1c(=O)c(-c2cccc(F)c2Cl)cn(CC(=O)O)c1=O)S(C)(=N)=O. The summed E-state index contributed by atoms with van der Waals surface area (Å²) in [6.07, 6.45) is 2.18. The molecule has 27 heavy (non-hydrogen) atoms. The molecule has 0 amide bonds. The van der Waals surface area contributed by atoms with Crippen molar-refractivity contribution in [2.45, 2.75) is 25.3 Å². The molecule has 0 aliphatic carbocycles. The summed E-state index contributed by atoms with van der Waals surface area (Å²) in [6.45, 7) is 0.331. The molecule has 2 unspecified atom stereocenters. The Morgan fingerprint density at radius 2 is 2.00 bits per heavy atom. The van der Waals surface area contributed by atoms with Gasteiger partial charge >= 0.3 is 11.7 Å². The number of halogens is 2. The number of nitrogens with one attached hydrogen (secondary N) is 1. The number of benzene rings is 1. The minimum Gasteiger partial charge on any atom is -0.480 e. The Labute approximate surface area is 158 Å². The number of nitrogens with zero attached hydrogens (tertiary/aromatic N) is 2. The van der Waals surface area contributed by atoms with Crippen molar-refractivity contribution >= 4 is 27.3 Å². The molecule has 0 aliphatic rings. The van der Waals surface area contributed by atoms with Crippen LogP contribution in [0.3, 0.4) is 0 Å². The summed E-state index contributed by atoms with van der Waals surface area (Å²) < 4.78 is 34.8. The molecule has 0 bridgehead atoms. The molecular formula is C16H17ClFN3O5S. The molecule has 0 radical (unpaired) electrons. The molecular weight excluding hydrogens is 401 g/mol. The Hall–Kier alpha value is -2.46. The van der Waals surface area contributed by atoms with Gasteiger partial charge in [-0.3, -0.25) is 23.5 Å². The van der Waals surface area contributed by atoms with Crippen LogP contribution in [-0.4, -0.2) is 35.9 Å². The summed E-state index contributed by atoms with van der Waals surface area (Å²) in [6, 6.07) is 3.77. The second kappa shape index (κ2) is 7.65. The number of carboxylic acid groups (broad SMARTS) is 1. The highest BCUT2D eigenvalue weighted by atomic mass is 35.5. The normalized spacial score (nSPS) is 14.5. The monoisotopic (exact) mass is 417 g/mol. The van der Waals surface area contributed by atoms with Crippen molar-refractivity contribution in [3.63, 3.8) is 0 Å². The molecule has 0 saturated carbocycles. The third-order valence-corrected chi connectivity index (χ3v) is 6.06. The van der Waals surface area contributed by atoms with Gasteiger partial charge in [0.1, 0.15) is 12.4 Å². The van der Waals surface area contributed by atoms with E-state index < -0.39 is 44.6 Å². The van der Waals surface area contributed by atoms with E-state index in [2.05, 4.69) is 0 Å². The van der Waals surface area contributed by atoms with Crippen LogP contribution >= 0.6 is 11.6 Å². The van der Waals surface area contributed by atoms with Crippen molar-refractivity contribution in [1.82, 2.24) is 9.13 Å². The van der Waals surface area contributed by atoms with Gasteiger partial charge in [0, 0.05) is 34.3 Å². The minimum atomic E-state index is -3.07. The molecule has 0 fully saturated rings. The number of rotatable bonds is 6. The Kier molecular flexibility index (Phi) is 5.91. The van der Waals surface area contributed by atoms with Crippen molar-refractivity contribution in [2.75, 3.05) is 6.26 Å². The fraction of sp³-hybridized carbons (Fsp3) is 0.312. The lowest BCUT2D eigenvalue weighted by Crippen LogP contribution is -2.44. The zero-order valence-corrected chi connectivity index (χ0v) is 16.0. The molecule has 1 aromatic heterocycles. The number of aliphatic carboxylic acids is 1. The number of aromatic nitrogens is 2. The predicted molar refractivity (Wildman–Crippen MR) is 99.2 cm³/mol. The zero-order valence-electron chi connectivity index (χ0n) is 14.4. The average molecular weight is 418 g/mol. The van der Waals surface area contributed by atoms with E-state index in [1.54, 1.807) is 0 Å². The highest BCUT2D eigenvalue weighted by molar-refractivity contribution is 7.92. The Morgan fingerprint density at radius 1 is 1.37 bits per heavy atom. The summed E-state index contributed by atoms with van der Waals surface area (Å²) in [4.78, 5) is 36.4. The summed E-state index contributed by atoms with van der Waals surface area (Å²) in [5, 5.41) is 7.80. The molecule has 2 N–H and O–H groups in total. The molecule has 8 nitrogen and oxygen atoms in total. The van der Waals surface area contributed by atoms with Crippen molar-refractivity contribution in [3.8, 4) is 11.1 Å². The standard InChI is InChI=1S/C16H17ClFN3O5S/c1-9(27(2,19)26)6-21-15(24)11(7-20(16(21)25)8-13(22)23)10-4-3-5-12(18)14(10)17/h3-5,7,9,19H,6,8H2,1-2H3,(H,22,23). The smallest absolute Gasteiger partial charge is 0.331 e. The van der Waals surface area contributed by atoms with E-state index >= 15 is 0 Å². The van der Waals surface area contributed by atoms with E-state index in [0.717, 1.165) is 16.8 Å². The van der Waals surface area contributed by atoms with Crippen LogP contribution in [0.25, 0.3) is 11.1 Å². The van der Waals surface area contributed by atoms with Gasteiger partial charge < -0.3 is 5.11 Å². The van der Waals surface area contributed by atoms with Gasteiger partial charge in [0.25, 0.3) is 5.56 Å². The maximum absolute atomic E-state index is 13.8. The van der Waals surface area contributed by atoms with Crippen LogP contribution in [0.4, 0.5) is 4.39 Å². The van der Waals surface area contributed by atoms with E-state index in [-0.39, 0.29) is 22.7 Å². The summed E-state index contributed by atoms with van der Waals surface area (Å²) >= 11 is 5.93. The van der Waals surface area contributed by atoms with Gasteiger partial charge in [-0.05, 0) is 13.0 Å². The molecule has 2 rings (SSSR count). The zero-order chi connectivity index (χ0) is 20.5. The van der Waals surface area contributed by atoms with Crippen LogP contribution in [0.2, 0.25) is 5.02 Å². The van der Waals surface area contributed by atoms with Crippen LogP contribution < -0.4 is 11.2 Å². The lowest BCUT2D eigenvalue weighted by atomic mass is 10.1. The van der Waals surface area contributed by atoms with Gasteiger partial charge in [0.15, 0.2) is 0 Å². The number of carboxylic acids is 1. The molecule has 0 aliphatic heterocycles. The van der Waals surface area contributed by atoms with Gasteiger partial charge in [0.2, 0.25) is 0 Å². The van der Waals surface area contributed by atoms with E-state index in [0.29, 0.717) is 4.57 Å². The quantitative estimate of drug-likeness (QED) is 0.739. The second-order valence-electron chi connectivity index (χ2n) is 6.08. The van der Waals surface area contributed by atoms with Crippen molar-refractivity contribution in [3.05, 3.63) is 56.1 Å². The highest BCUT2D eigenvalue weighted by Gasteiger charge is 2.21. The first kappa shape index (κ1) is 20.8. The van der Waals surface area contributed by atoms with Gasteiger partial charge in [-0.1, -0.05) is 23.7 Å². The second-order valence-corrected chi connectivity index (χ2v) is 9.07. The largest absolute Gasteiger partial charge is 0.480 e. The van der Waals surface area contributed by atoms with E-state index in [4.69, 9.17) is 21.5 Å². The van der Waals surface area contributed by atoms with Crippen LogP contribution in [-0.2, 0) is 27.6 Å². The van der Waals surface area contributed by atoms with Crippen molar-refractivity contribution < 1.29 is 18.5 Å². The molecule has 1 aromatic carbocycles. The third kappa shape index (κ3) is 4.45. The van der Waals surface area contributed by atoms with E-state index in [1.165, 1.54) is 25.3 Å². The van der Waals surface area contributed by atoms with Gasteiger partial charge in [-0.2, -0.15) is 0 Å². The van der Waals surface area contributed by atoms with Crippen LogP contribution in [0.1, 0.15) is 6.92 Å². The predicted octanol–water partition coefficient (Wildman–Crippen LogP) is 1.62. The fourth-order valence-corrected chi connectivity index (χ4v) is 3.03. The van der Waals surface area contributed by atoms with Gasteiger partial charge in [-0.25, -0.2) is 13.4 Å². The van der Waals surface area contributed by atoms with Crippen LogP contribution in [0.15, 0.2) is 34.0 Å². The third-order valence-electron chi connectivity index (χ3n) is 3.99. The Balaban J connectivity index is 2.80. The number of carbonyl (C=O) groups is 1. The first-order chi connectivity index (χ1) is 12.4. The molecule has 11 heteroatoms. The molecule has 0 spiro atoms. The number of hydrogen-bond acceptors (Lipinski definition) is 5. The van der Waals surface area contributed by atoms with E-state index in [9.17, 15) is 23.0 Å². The van der Waals surface area contributed by atoms with Gasteiger partial charge in [-0.15, -0.1) is 0 Å². The molecule has 2 aromatic rings. The average Bonchev–Trinajstić information content (AvgIpc) is 2.55. The summed E-state index contributed by atoms with van der Waals surface area (Å²) in [7, 11) is -3.07.